The lowest BCUT2D eigenvalue weighted by atomic mass is 10.1. The lowest BCUT2D eigenvalue weighted by Gasteiger charge is -2.04. The highest BCUT2D eigenvalue weighted by atomic mass is 16.4. The molecule has 0 saturated carbocycles. The Morgan fingerprint density at radius 2 is 2.25 bits per heavy atom. The van der Waals surface area contributed by atoms with Gasteiger partial charge in [-0.1, -0.05) is 23.4 Å². The molecule has 0 unspecified atom stereocenters. The number of benzene rings is 1. The maximum atomic E-state index is 11.1. The Kier molecular flexibility index (Phi) is 4.29. The lowest BCUT2D eigenvalue weighted by molar-refractivity contribution is -0.110. The van der Waals surface area contributed by atoms with E-state index in [-0.39, 0.29) is 0 Å². The largest absolute Gasteiger partial charge is 0.411 e. The van der Waals surface area contributed by atoms with Gasteiger partial charge in [-0.2, -0.15) is 5.26 Å². The Morgan fingerprint density at radius 3 is 2.94 bits per heavy atom. The molecule has 1 aromatic carbocycles. The molecule has 0 aromatic heterocycles. The molecule has 80 valence electrons. The fraction of sp³-hybridized carbons (Fsp3) is 0. The number of hydrogen-bond acceptors (Lipinski definition) is 4. The van der Waals surface area contributed by atoms with Gasteiger partial charge in [-0.15, -0.1) is 0 Å². The van der Waals surface area contributed by atoms with E-state index >= 15 is 0 Å². The summed E-state index contributed by atoms with van der Waals surface area (Å²) in [5.41, 5.74) is 1.24. The van der Waals surface area contributed by atoms with Crippen LogP contribution in [0.1, 0.15) is 5.56 Å². The third kappa shape index (κ3) is 3.27. The molecule has 0 bridgehead atoms. The molecule has 0 atom stereocenters. The van der Waals surface area contributed by atoms with Crippen LogP contribution in [0, 0.1) is 11.3 Å². The standard InChI is InChI=1S/C11H9N3O2/c12-7-3-5-9-4-1-2-6-10(9)14-11(15)8-13-16/h1-6,8,16H,(H,14,15). The van der Waals surface area contributed by atoms with Gasteiger partial charge in [0.25, 0.3) is 5.91 Å². The number of hydrogen-bond donors (Lipinski definition) is 2. The van der Waals surface area contributed by atoms with E-state index in [1.807, 2.05) is 6.07 Å². The van der Waals surface area contributed by atoms with Gasteiger partial charge in [0.1, 0.15) is 6.21 Å². The Balaban J connectivity index is 2.91. The number of carbonyl (C=O) groups is 1. The van der Waals surface area contributed by atoms with E-state index in [2.05, 4.69) is 10.5 Å². The SMILES string of the molecule is N#CC=Cc1ccccc1NC(=O)C=NO. The quantitative estimate of drug-likeness (QED) is 0.347. The molecular formula is C11H9N3O2. The highest BCUT2D eigenvalue weighted by molar-refractivity contribution is 6.31. The third-order valence-electron chi connectivity index (χ3n) is 1.73. The summed E-state index contributed by atoms with van der Waals surface area (Å²) in [7, 11) is 0. The molecule has 0 fully saturated rings. The van der Waals surface area contributed by atoms with Crippen molar-refractivity contribution in [3.8, 4) is 6.07 Å². The van der Waals surface area contributed by atoms with E-state index < -0.39 is 5.91 Å². The zero-order valence-electron chi connectivity index (χ0n) is 8.29. The van der Waals surface area contributed by atoms with Gasteiger partial charge in [0.15, 0.2) is 0 Å². The summed E-state index contributed by atoms with van der Waals surface area (Å²) in [6.07, 6.45) is 3.64. The van der Waals surface area contributed by atoms with Crippen LogP contribution in [0.3, 0.4) is 0 Å². The molecule has 1 rings (SSSR count). The summed E-state index contributed by atoms with van der Waals surface area (Å²) in [6, 6.07) is 8.82. The van der Waals surface area contributed by atoms with Gasteiger partial charge in [0.2, 0.25) is 0 Å². The Labute approximate surface area is 92.3 Å². The van der Waals surface area contributed by atoms with Gasteiger partial charge in [-0.05, 0) is 17.7 Å². The first-order valence-electron chi connectivity index (χ1n) is 4.41. The molecule has 5 heteroatoms. The molecule has 0 radical (unpaired) electrons. The minimum atomic E-state index is -0.541. The summed E-state index contributed by atoms with van der Waals surface area (Å²) in [6.45, 7) is 0. The summed E-state index contributed by atoms with van der Waals surface area (Å²) in [5.74, 6) is -0.541. The molecular weight excluding hydrogens is 206 g/mol. The molecule has 1 aromatic rings. The summed E-state index contributed by atoms with van der Waals surface area (Å²) in [4.78, 5) is 11.1. The number of allylic oxidation sites excluding steroid dienone is 1. The lowest BCUT2D eigenvalue weighted by Crippen LogP contribution is -2.13. The monoisotopic (exact) mass is 215 g/mol. The van der Waals surface area contributed by atoms with Crippen molar-refractivity contribution in [3.63, 3.8) is 0 Å². The molecule has 1 amide bonds. The normalized spacial score (nSPS) is 10.4. The molecule has 0 aliphatic rings. The number of carbonyl (C=O) groups excluding carboxylic acids is 1. The fourth-order valence-electron chi connectivity index (χ4n) is 1.10. The average molecular weight is 215 g/mol. The van der Waals surface area contributed by atoms with Crippen LogP contribution in [-0.4, -0.2) is 17.3 Å². The van der Waals surface area contributed by atoms with E-state index in [1.54, 1.807) is 30.3 Å². The van der Waals surface area contributed by atoms with Crippen molar-refractivity contribution in [2.75, 3.05) is 5.32 Å². The summed E-state index contributed by atoms with van der Waals surface area (Å²) >= 11 is 0. The van der Waals surface area contributed by atoms with E-state index in [0.29, 0.717) is 11.3 Å². The summed E-state index contributed by atoms with van der Waals surface area (Å²) in [5, 5.41) is 21.7. The van der Waals surface area contributed by atoms with Gasteiger partial charge in [0, 0.05) is 11.8 Å². The highest BCUT2D eigenvalue weighted by Crippen LogP contribution is 2.16. The van der Waals surface area contributed by atoms with Gasteiger partial charge in [0.05, 0.1) is 6.07 Å². The number of oxime groups is 1. The van der Waals surface area contributed by atoms with E-state index in [0.717, 1.165) is 6.21 Å². The number of para-hydroxylation sites is 1. The molecule has 16 heavy (non-hydrogen) atoms. The predicted octanol–water partition coefficient (Wildman–Crippen LogP) is 1.62. The van der Waals surface area contributed by atoms with Gasteiger partial charge in [-0.3, -0.25) is 4.79 Å². The Morgan fingerprint density at radius 1 is 1.50 bits per heavy atom. The topological polar surface area (TPSA) is 85.5 Å². The number of nitrogens with one attached hydrogen (secondary N) is 1. The van der Waals surface area contributed by atoms with E-state index in [4.69, 9.17) is 10.5 Å². The van der Waals surface area contributed by atoms with Crippen molar-refractivity contribution >= 4 is 23.9 Å². The van der Waals surface area contributed by atoms with Crippen LogP contribution >= 0.6 is 0 Å². The van der Waals surface area contributed by atoms with Crippen molar-refractivity contribution in [1.29, 1.82) is 5.26 Å². The van der Waals surface area contributed by atoms with Crippen LogP contribution in [0.15, 0.2) is 35.5 Å². The van der Waals surface area contributed by atoms with Crippen LogP contribution in [0.2, 0.25) is 0 Å². The summed E-state index contributed by atoms with van der Waals surface area (Å²) < 4.78 is 0. The highest BCUT2D eigenvalue weighted by Gasteiger charge is 2.01. The van der Waals surface area contributed by atoms with Crippen molar-refractivity contribution in [2.45, 2.75) is 0 Å². The molecule has 2 N–H and O–H groups in total. The number of amides is 1. The molecule has 5 nitrogen and oxygen atoms in total. The average Bonchev–Trinajstić information content (AvgIpc) is 2.28. The third-order valence-corrected chi connectivity index (χ3v) is 1.73. The first-order chi connectivity index (χ1) is 7.77. The van der Waals surface area contributed by atoms with Crippen molar-refractivity contribution in [3.05, 3.63) is 35.9 Å². The fourth-order valence-corrected chi connectivity index (χ4v) is 1.10. The van der Waals surface area contributed by atoms with E-state index in [1.165, 1.54) is 6.08 Å². The minimum Gasteiger partial charge on any atom is -0.411 e. The first kappa shape index (κ1) is 11.5. The van der Waals surface area contributed by atoms with Crippen LogP contribution < -0.4 is 5.32 Å². The van der Waals surface area contributed by atoms with Gasteiger partial charge in [-0.25, -0.2) is 0 Å². The second-order valence-electron chi connectivity index (χ2n) is 2.78. The molecule has 0 aliphatic carbocycles. The number of rotatable bonds is 3. The predicted molar refractivity (Wildman–Crippen MR) is 60.0 cm³/mol. The van der Waals surface area contributed by atoms with Gasteiger partial charge < -0.3 is 10.5 Å². The zero-order valence-corrected chi connectivity index (χ0v) is 8.29. The van der Waals surface area contributed by atoms with Crippen molar-refractivity contribution in [2.24, 2.45) is 5.16 Å². The van der Waals surface area contributed by atoms with Gasteiger partial charge >= 0.3 is 0 Å². The second kappa shape index (κ2) is 5.98. The van der Waals surface area contributed by atoms with Crippen LogP contribution in [-0.2, 0) is 4.79 Å². The van der Waals surface area contributed by atoms with Crippen LogP contribution in [0.25, 0.3) is 6.08 Å². The number of nitrogens with zero attached hydrogens (tertiary/aromatic N) is 2. The Hall–Kier alpha value is -2.61. The van der Waals surface area contributed by atoms with E-state index in [9.17, 15) is 4.79 Å². The number of anilines is 1. The zero-order chi connectivity index (χ0) is 11.8. The maximum absolute atomic E-state index is 11.1. The van der Waals surface area contributed by atoms with Crippen molar-refractivity contribution in [1.82, 2.24) is 0 Å². The molecule has 0 saturated heterocycles. The minimum absolute atomic E-state index is 0.541. The second-order valence-corrected chi connectivity index (χ2v) is 2.78. The molecule has 0 heterocycles. The van der Waals surface area contributed by atoms with Crippen molar-refractivity contribution < 1.29 is 10.0 Å². The Bertz CT molecular complexity index is 472. The van der Waals surface area contributed by atoms with Crippen LogP contribution in [0.5, 0.6) is 0 Å². The molecule has 0 aliphatic heterocycles. The van der Waals surface area contributed by atoms with Crippen LogP contribution in [0.4, 0.5) is 5.69 Å². The maximum Gasteiger partial charge on any atom is 0.270 e. The first-order valence-corrected chi connectivity index (χ1v) is 4.41. The molecule has 0 spiro atoms. The smallest absolute Gasteiger partial charge is 0.270 e. The number of nitriles is 1.